The number of pyridine rings is 1. The van der Waals surface area contributed by atoms with Gasteiger partial charge in [0.25, 0.3) is 5.56 Å². The maximum absolute atomic E-state index is 11.5. The van der Waals surface area contributed by atoms with Crippen LogP contribution in [0.1, 0.15) is 10.4 Å². The van der Waals surface area contributed by atoms with Crippen LogP contribution in [0.4, 0.5) is 5.69 Å². The third-order valence-electron chi connectivity index (χ3n) is 2.73. The number of nitrogens with one attached hydrogen (secondary N) is 1. The summed E-state index contributed by atoms with van der Waals surface area (Å²) < 4.78 is 1.62. The average molecular weight is 257 g/mol. The summed E-state index contributed by atoms with van der Waals surface area (Å²) >= 11 is 0. The summed E-state index contributed by atoms with van der Waals surface area (Å²) in [6.45, 7) is 1.15. The summed E-state index contributed by atoms with van der Waals surface area (Å²) in [5, 5.41) is 3.15. The Morgan fingerprint density at radius 2 is 2.05 bits per heavy atom. The van der Waals surface area contributed by atoms with Gasteiger partial charge < -0.3 is 15.6 Å². The van der Waals surface area contributed by atoms with Gasteiger partial charge in [0.05, 0.1) is 0 Å². The van der Waals surface area contributed by atoms with E-state index in [-0.39, 0.29) is 5.56 Å². The van der Waals surface area contributed by atoms with Crippen molar-refractivity contribution in [1.82, 2.24) is 4.57 Å². The fraction of sp³-hybridized carbons (Fsp3) is 0.143. The highest BCUT2D eigenvalue weighted by Crippen LogP contribution is 2.09. The number of carbonyl (C=O) groups is 1. The molecule has 3 N–H and O–H groups in total. The molecule has 0 unspecified atom stereocenters. The van der Waals surface area contributed by atoms with Gasteiger partial charge in [-0.1, -0.05) is 12.1 Å². The van der Waals surface area contributed by atoms with Crippen LogP contribution >= 0.6 is 0 Å². The van der Waals surface area contributed by atoms with Crippen molar-refractivity contribution in [2.24, 2.45) is 5.73 Å². The number of benzene rings is 1. The van der Waals surface area contributed by atoms with Crippen LogP contribution < -0.4 is 16.6 Å². The molecule has 0 atom stereocenters. The van der Waals surface area contributed by atoms with Crippen LogP contribution in [0, 0.1) is 0 Å². The van der Waals surface area contributed by atoms with Gasteiger partial charge in [-0.15, -0.1) is 0 Å². The van der Waals surface area contributed by atoms with Crippen molar-refractivity contribution in [3.63, 3.8) is 0 Å². The number of aromatic nitrogens is 1. The molecule has 0 bridgehead atoms. The average Bonchev–Trinajstić information content (AvgIpc) is 2.41. The van der Waals surface area contributed by atoms with Crippen molar-refractivity contribution < 1.29 is 4.79 Å². The van der Waals surface area contributed by atoms with Gasteiger partial charge in [-0.2, -0.15) is 0 Å². The number of carbonyl (C=O) groups excluding carboxylic acids is 1. The molecule has 1 aromatic carbocycles. The van der Waals surface area contributed by atoms with E-state index in [9.17, 15) is 9.59 Å². The molecule has 0 fully saturated rings. The first-order valence-corrected chi connectivity index (χ1v) is 5.96. The molecule has 0 spiro atoms. The van der Waals surface area contributed by atoms with Crippen LogP contribution in [-0.2, 0) is 6.54 Å². The maximum Gasteiger partial charge on any atom is 0.250 e. The number of amides is 1. The Bertz CT molecular complexity index is 634. The number of primary amides is 1. The zero-order chi connectivity index (χ0) is 13.7. The second-order valence-electron chi connectivity index (χ2n) is 4.10. The molecule has 0 aliphatic rings. The summed E-state index contributed by atoms with van der Waals surface area (Å²) in [5.74, 6) is -0.456. The van der Waals surface area contributed by atoms with Gasteiger partial charge in [0.15, 0.2) is 0 Å². The van der Waals surface area contributed by atoms with Gasteiger partial charge in [-0.3, -0.25) is 9.59 Å². The Hall–Kier alpha value is -2.56. The molecule has 98 valence electrons. The minimum Gasteiger partial charge on any atom is -0.383 e. The third kappa shape index (κ3) is 3.45. The highest BCUT2D eigenvalue weighted by molar-refractivity contribution is 5.93. The van der Waals surface area contributed by atoms with Crippen molar-refractivity contribution in [2.75, 3.05) is 11.9 Å². The van der Waals surface area contributed by atoms with Crippen molar-refractivity contribution in [3.05, 3.63) is 64.6 Å². The quantitative estimate of drug-likeness (QED) is 0.840. The molecule has 2 aromatic rings. The predicted octanol–water partition coefficient (Wildman–Crippen LogP) is 1.06. The highest BCUT2D eigenvalue weighted by atomic mass is 16.1. The summed E-state index contributed by atoms with van der Waals surface area (Å²) in [4.78, 5) is 22.5. The molecule has 2 rings (SSSR count). The van der Waals surface area contributed by atoms with E-state index in [1.807, 2.05) is 12.1 Å². The maximum atomic E-state index is 11.5. The van der Waals surface area contributed by atoms with Crippen LogP contribution in [0.3, 0.4) is 0 Å². The van der Waals surface area contributed by atoms with E-state index in [0.717, 1.165) is 5.69 Å². The lowest BCUT2D eigenvalue weighted by molar-refractivity contribution is 0.100. The standard InChI is InChI=1S/C14H15N3O2/c15-14(19)11-4-3-5-12(10-11)16-7-9-17-8-2-1-6-13(17)18/h1-6,8,10,16H,7,9H2,(H2,15,19). The van der Waals surface area contributed by atoms with E-state index in [2.05, 4.69) is 5.32 Å². The van der Waals surface area contributed by atoms with Gasteiger partial charge >= 0.3 is 0 Å². The topological polar surface area (TPSA) is 77.1 Å². The first kappa shape index (κ1) is 12.9. The van der Waals surface area contributed by atoms with Gasteiger partial charge in [0, 0.05) is 36.6 Å². The minimum absolute atomic E-state index is 0.0322. The summed E-state index contributed by atoms with van der Waals surface area (Å²) in [6, 6.07) is 12.0. The van der Waals surface area contributed by atoms with Crippen LogP contribution in [0.25, 0.3) is 0 Å². The van der Waals surface area contributed by atoms with E-state index < -0.39 is 5.91 Å². The molecule has 1 heterocycles. The van der Waals surface area contributed by atoms with E-state index >= 15 is 0 Å². The SMILES string of the molecule is NC(=O)c1cccc(NCCn2ccccc2=O)c1. The van der Waals surface area contributed by atoms with Crippen LogP contribution in [-0.4, -0.2) is 17.0 Å². The number of nitrogens with zero attached hydrogens (tertiary/aromatic N) is 1. The molecular formula is C14H15N3O2. The zero-order valence-electron chi connectivity index (χ0n) is 10.4. The number of hydrogen-bond donors (Lipinski definition) is 2. The Balaban J connectivity index is 1.96. The molecule has 0 saturated carbocycles. The van der Waals surface area contributed by atoms with Crippen LogP contribution in [0.5, 0.6) is 0 Å². The van der Waals surface area contributed by atoms with Crippen molar-refractivity contribution in [1.29, 1.82) is 0 Å². The number of anilines is 1. The van der Waals surface area contributed by atoms with Crippen molar-refractivity contribution >= 4 is 11.6 Å². The largest absolute Gasteiger partial charge is 0.383 e. The monoisotopic (exact) mass is 257 g/mol. The lowest BCUT2D eigenvalue weighted by Crippen LogP contribution is -2.22. The van der Waals surface area contributed by atoms with Crippen molar-refractivity contribution in [3.8, 4) is 0 Å². The lowest BCUT2D eigenvalue weighted by Gasteiger charge is -2.08. The Morgan fingerprint density at radius 3 is 2.79 bits per heavy atom. The molecule has 0 radical (unpaired) electrons. The van der Waals surface area contributed by atoms with Gasteiger partial charge in [-0.25, -0.2) is 0 Å². The van der Waals surface area contributed by atoms with E-state index in [1.165, 1.54) is 6.07 Å². The summed E-state index contributed by atoms with van der Waals surface area (Å²) in [7, 11) is 0. The number of hydrogen-bond acceptors (Lipinski definition) is 3. The predicted molar refractivity (Wildman–Crippen MR) is 74.2 cm³/mol. The summed E-state index contributed by atoms with van der Waals surface area (Å²) in [5.41, 5.74) is 6.44. The fourth-order valence-corrected chi connectivity index (χ4v) is 1.75. The van der Waals surface area contributed by atoms with Gasteiger partial charge in [0.2, 0.25) is 5.91 Å². The summed E-state index contributed by atoms with van der Waals surface area (Å²) in [6.07, 6.45) is 1.74. The first-order valence-electron chi connectivity index (χ1n) is 5.96. The molecule has 1 amide bonds. The Morgan fingerprint density at radius 1 is 1.21 bits per heavy atom. The normalized spacial score (nSPS) is 10.1. The molecule has 19 heavy (non-hydrogen) atoms. The molecular weight excluding hydrogens is 242 g/mol. The van der Waals surface area contributed by atoms with Gasteiger partial charge in [0.1, 0.15) is 0 Å². The van der Waals surface area contributed by atoms with Crippen molar-refractivity contribution in [2.45, 2.75) is 6.54 Å². The number of nitrogens with two attached hydrogens (primary N) is 1. The zero-order valence-corrected chi connectivity index (χ0v) is 10.4. The minimum atomic E-state index is -0.456. The second kappa shape index (κ2) is 5.86. The molecule has 0 saturated heterocycles. The molecule has 5 heteroatoms. The van der Waals surface area contributed by atoms with E-state index in [1.54, 1.807) is 35.0 Å². The molecule has 1 aromatic heterocycles. The van der Waals surface area contributed by atoms with Crippen LogP contribution in [0.2, 0.25) is 0 Å². The fourth-order valence-electron chi connectivity index (χ4n) is 1.75. The molecule has 0 aliphatic heterocycles. The van der Waals surface area contributed by atoms with E-state index in [4.69, 9.17) is 5.73 Å². The van der Waals surface area contributed by atoms with Crippen LogP contribution in [0.15, 0.2) is 53.5 Å². The second-order valence-corrected chi connectivity index (χ2v) is 4.10. The van der Waals surface area contributed by atoms with E-state index in [0.29, 0.717) is 18.7 Å². The number of rotatable bonds is 5. The third-order valence-corrected chi connectivity index (χ3v) is 2.73. The Kier molecular flexibility index (Phi) is 3.97. The Labute approximate surface area is 110 Å². The smallest absolute Gasteiger partial charge is 0.250 e. The highest BCUT2D eigenvalue weighted by Gasteiger charge is 2.00. The lowest BCUT2D eigenvalue weighted by atomic mass is 10.2. The molecule has 0 aliphatic carbocycles. The van der Waals surface area contributed by atoms with Gasteiger partial charge in [-0.05, 0) is 24.3 Å². The molecule has 5 nitrogen and oxygen atoms in total. The first-order chi connectivity index (χ1) is 9.16.